The minimum Gasteiger partial charge on any atom is -0.356 e. The van der Waals surface area contributed by atoms with Gasteiger partial charge in [0.15, 0.2) is 5.84 Å². The molecule has 2 aliphatic rings. The van der Waals surface area contributed by atoms with Crippen LogP contribution in [-0.2, 0) is 6.54 Å². The standard InChI is InChI=1S/C26H30FN7/c1-28-30-26-23-11-20(19-5-7-22(27)8-6-19)16-34(23)17-21-12-25(29-13-24(21)32(26)4)33-10-9-18(15-33)14-31(2)3/h5-8,11-13,16,18H,1,9-10,14-15,17H2,2-4H3/b30-26-/t18-/m0/s1. The van der Waals surface area contributed by atoms with Gasteiger partial charge in [-0.2, -0.15) is 5.10 Å². The Hall–Kier alpha value is -3.52. The number of fused-ring (bicyclic) bond motifs is 2. The molecule has 4 heterocycles. The van der Waals surface area contributed by atoms with Crippen LogP contribution in [-0.4, -0.2) is 67.8 Å². The lowest BCUT2D eigenvalue weighted by Gasteiger charge is -2.23. The summed E-state index contributed by atoms with van der Waals surface area (Å²) in [6.45, 7) is 7.40. The number of hydrogen-bond acceptors (Lipinski definition) is 5. The van der Waals surface area contributed by atoms with Gasteiger partial charge in [0.25, 0.3) is 0 Å². The molecular formula is C26H30FN7. The number of anilines is 2. The van der Waals surface area contributed by atoms with E-state index in [1.165, 1.54) is 24.1 Å². The summed E-state index contributed by atoms with van der Waals surface area (Å²) in [5.41, 5.74) is 5.06. The molecule has 1 aromatic carbocycles. The lowest BCUT2D eigenvalue weighted by Crippen LogP contribution is -2.28. The molecule has 0 bridgehead atoms. The van der Waals surface area contributed by atoms with Gasteiger partial charge in [0.2, 0.25) is 0 Å². The minimum atomic E-state index is -0.244. The second-order valence-electron chi connectivity index (χ2n) is 9.41. The Labute approximate surface area is 199 Å². The molecule has 2 aromatic heterocycles. The Balaban J connectivity index is 1.51. The number of aromatic nitrogens is 2. The number of benzene rings is 1. The van der Waals surface area contributed by atoms with Crippen molar-refractivity contribution in [3.05, 3.63) is 65.9 Å². The van der Waals surface area contributed by atoms with Crippen LogP contribution in [0.3, 0.4) is 0 Å². The highest BCUT2D eigenvalue weighted by atomic mass is 19.1. The van der Waals surface area contributed by atoms with Crippen LogP contribution in [0.15, 0.2) is 59.0 Å². The topological polar surface area (TPSA) is 52.3 Å². The molecule has 0 amide bonds. The average Bonchev–Trinajstić information content (AvgIpc) is 3.42. The van der Waals surface area contributed by atoms with E-state index in [9.17, 15) is 4.39 Å². The zero-order valence-corrected chi connectivity index (χ0v) is 19.9. The Kier molecular flexibility index (Phi) is 5.91. The second kappa shape index (κ2) is 9.02. The lowest BCUT2D eigenvalue weighted by molar-refractivity contribution is 0.340. The van der Waals surface area contributed by atoms with Crippen molar-refractivity contribution in [2.24, 2.45) is 16.1 Å². The van der Waals surface area contributed by atoms with Crippen LogP contribution in [0.1, 0.15) is 17.7 Å². The summed E-state index contributed by atoms with van der Waals surface area (Å²) in [6.07, 6.45) is 5.21. The summed E-state index contributed by atoms with van der Waals surface area (Å²) in [5, 5.41) is 8.19. The van der Waals surface area contributed by atoms with Gasteiger partial charge in [0.05, 0.1) is 17.6 Å². The van der Waals surface area contributed by atoms with Crippen LogP contribution in [0.2, 0.25) is 0 Å². The van der Waals surface area contributed by atoms with E-state index in [-0.39, 0.29) is 5.82 Å². The average molecular weight is 460 g/mol. The van der Waals surface area contributed by atoms with Gasteiger partial charge in [-0.1, -0.05) is 12.1 Å². The molecule has 0 N–H and O–H groups in total. The molecule has 34 heavy (non-hydrogen) atoms. The van der Waals surface area contributed by atoms with Crippen LogP contribution in [0.25, 0.3) is 11.1 Å². The molecule has 3 aromatic rings. The fraction of sp³-hybridized carbons (Fsp3) is 0.346. The number of amidine groups is 1. The molecule has 1 saturated heterocycles. The monoisotopic (exact) mass is 459 g/mol. The predicted octanol–water partition coefficient (Wildman–Crippen LogP) is 3.94. The SMILES string of the molecule is C=N/N=C1/c2cc(-c3ccc(F)cc3)cn2Cc2cc(N3CC[C@@H](CN(C)C)C3)ncc2N1C. The highest BCUT2D eigenvalue weighted by molar-refractivity contribution is 6.10. The zero-order chi connectivity index (χ0) is 23.8. The molecule has 1 atom stereocenters. The van der Waals surface area contributed by atoms with E-state index in [4.69, 9.17) is 4.98 Å². The van der Waals surface area contributed by atoms with Crippen molar-refractivity contribution in [3.8, 4) is 11.1 Å². The smallest absolute Gasteiger partial charge is 0.179 e. The molecule has 176 valence electrons. The van der Waals surface area contributed by atoms with E-state index in [1.54, 1.807) is 12.1 Å². The molecule has 0 unspecified atom stereocenters. The molecule has 2 aliphatic heterocycles. The number of nitrogens with zero attached hydrogens (tertiary/aromatic N) is 7. The van der Waals surface area contributed by atoms with E-state index < -0.39 is 0 Å². The molecular weight excluding hydrogens is 429 g/mol. The number of rotatable bonds is 5. The first-order valence-corrected chi connectivity index (χ1v) is 11.6. The summed E-state index contributed by atoms with van der Waals surface area (Å²) < 4.78 is 15.6. The first-order valence-electron chi connectivity index (χ1n) is 11.6. The fourth-order valence-electron chi connectivity index (χ4n) is 5.07. The minimum absolute atomic E-state index is 0.244. The van der Waals surface area contributed by atoms with Crippen molar-refractivity contribution in [3.63, 3.8) is 0 Å². The third-order valence-electron chi connectivity index (χ3n) is 6.67. The summed E-state index contributed by atoms with van der Waals surface area (Å²) in [6, 6.07) is 10.8. The summed E-state index contributed by atoms with van der Waals surface area (Å²) in [5.74, 6) is 2.13. The van der Waals surface area contributed by atoms with Crippen molar-refractivity contribution >= 4 is 24.1 Å². The van der Waals surface area contributed by atoms with Crippen molar-refractivity contribution in [1.82, 2.24) is 14.5 Å². The van der Waals surface area contributed by atoms with Crippen molar-refractivity contribution in [2.45, 2.75) is 13.0 Å². The summed E-state index contributed by atoms with van der Waals surface area (Å²) in [4.78, 5) is 11.5. The zero-order valence-electron chi connectivity index (χ0n) is 19.9. The van der Waals surface area contributed by atoms with Crippen LogP contribution in [0.4, 0.5) is 15.9 Å². The van der Waals surface area contributed by atoms with Gasteiger partial charge in [-0.15, -0.1) is 5.10 Å². The van der Waals surface area contributed by atoms with E-state index >= 15 is 0 Å². The molecule has 0 saturated carbocycles. The Morgan fingerprint density at radius 2 is 1.97 bits per heavy atom. The molecule has 8 heteroatoms. The van der Waals surface area contributed by atoms with Gasteiger partial charge in [0, 0.05) is 57.3 Å². The van der Waals surface area contributed by atoms with Gasteiger partial charge < -0.3 is 19.3 Å². The van der Waals surface area contributed by atoms with Gasteiger partial charge in [-0.3, -0.25) is 0 Å². The highest BCUT2D eigenvalue weighted by Crippen LogP contribution is 2.33. The van der Waals surface area contributed by atoms with Crippen LogP contribution < -0.4 is 9.80 Å². The largest absolute Gasteiger partial charge is 0.356 e. The first kappa shape index (κ1) is 22.3. The van der Waals surface area contributed by atoms with E-state index in [2.05, 4.69) is 63.7 Å². The van der Waals surface area contributed by atoms with Crippen LogP contribution in [0, 0.1) is 11.7 Å². The van der Waals surface area contributed by atoms with Gasteiger partial charge in [-0.25, -0.2) is 9.37 Å². The predicted molar refractivity (Wildman–Crippen MR) is 137 cm³/mol. The maximum Gasteiger partial charge on any atom is 0.179 e. The van der Waals surface area contributed by atoms with Crippen molar-refractivity contribution in [1.29, 1.82) is 0 Å². The lowest BCUT2D eigenvalue weighted by atomic mass is 10.1. The molecule has 0 spiro atoms. The van der Waals surface area contributed by atoms with E-state index in [0.717, 1.165) is 48.0 Å². The van der Waals surface area contributed by atoms with E-state index in [1.807, 2.05) is 18.1 Å². The maximum atomic E-state index is 13.5. The second-order valence-corrected chi connectivity index (χ2v) is 9.41. The summed E-state index contributed by atoms with van der Waals surface area (Å²) >= 11 is 0. The molecule has 5 rings (SSSR count). The Bertz CT molecular complexity index is 1230. The molecule has 0 radical (unpaired) electrons. The van der Waals surface area contributed by atoms with Crippen LogP contribution >= 0.6 is 0 Å². The van der Waals surface area contributed by atoms with Gasteiger partial charge >= 0.3 is 0 Å². The normalized spacial score (nSPS) is 18.9. The maximum absolute atomic E-state index is 13.5. The number of halogens is 1. The Morgan fingerprint density at radius 3 is 2.71 bits per heavy atom. The first-order chi connectivity index (χ1) is 16.4. The third-order valence-corrected chi connectivity index (χ3v) is 6.67. The number of pyridine rings is 1. The molecule has 0 aliphatic carbocycles. The third kappa shape index (κ3) is 4.21. The quantitative estimate of drug-likeness (QED) is 0.429. The number of hydrogen-bond donors (Lipinski definition) is 0. The molecule has 1 fully saturated rings. The van der Waals surface area contributed by atoms with Crippen molar-refractivity contribution < 1.29 is 4.39 Å². The van der Waals surface area contributed by atoms with E-state index in [0.29, 0.717) is 18.3 Å². The van der Waals surface area contributed by atoms with Crippen molar-refractivity contribution in [2.75, 3.05) is 50.6 Å². The molecule has 7 nitrogen and oxygen atoms in total. The summed E-state index contributed by atoms with van der Waals surface area (Å²) in [7, 11) is 6.24. The van der Waals surface area contributed by atoms with Crippen LogP contribution in [0.5, 0.6) is 0 Å². The highest BCUT2D eigenvalue weighted by Gasteiger charge is 2.28. The fourth-order valence-corrected chi connectivity index (χ4v) is 5.07. The van der Waals surface area contributed by atoms with Gasteiger partial charge in [-0.05, 0) is 56.3 Å². The Morgan fingerprint density at radius 1 is 1.18 bits per heavy atom. The van der Waals surface area contributed by atoms with Gasteiger partial charge in [0.1, 0.15) is 11.6 Å².